The van der Waals surface area contributed by atoms with Gasteiger partial charge in [0.05, 0.1) is 21.6 Å². The van der Waals surface area contributed by atoms with E-state index < -0.39 is 21.6 Å². The van der Waals surface area contributed by atoms with Gasteiger partial charge in [-0.25, -0.2) is 0 Å². The van der Waals surface area contributed by atoms with Crippen LogP contribution in [-0.4, -0.2) is 44.6 Å². The molecule has 2 atom stereocenters. The number of hydrogen-bond donors (Lipinski definition) is 0. The number of carboxylic acid groups (broad SMARTS) is 2. The van der Waals surface area contributed by atoms with Crippen LogP contribution in [0.2, 0.25) is 0 Å². The number of halogens is 2. The molecule has 7 heteroatoms. The third kappa shape index (κ3) is 50.7. The quantitative estimate of drug-likeness (QED) is 0.0349. The fraction of sp³-hybridized carbons (Fsp3) is 0.955. The van der Waals surface area contributed by atoms with Crippen molar-refractivity contribution in [3.8, 4) is 0 Å². The summed E-state index contributed by atoms with van der Waals surface area (Å²) >= 11 is 6.26. The van der Waals surface area contributed by atoms with Gasteiger partial charge in [0.15, 0.2) is 0 Å². The molecule has 0 heterocycles. The van der Waals surface area contributed by atoms with E-state index in [9.17, 15) is 19.8 Å². The molecular formula is C44H84Br2MgO4. The van der Waals surface area contributed by atoms with E-state index in [-0.39, 0.29) is 23.1 Å². The summed E-state index contributed by atoms with van der Waals surface area (Å²) in [6.07, 6.45) is 50.3. The van der Waals surface area contributed by atoms with Crippen molar-refractivity contribution in [1.82, 2.24) is 0 Å². The van der Waals surface area contributed by atoms with E-state index in [0.717, 1.165) is 25.7 Å². The molecular weight excluding hydrogens is 777 g/mol. The fourth-order valence-corrected chi connectivity index (χ4v) is 7.33. The summed E-state index contributed by atoms with van der Waals surface area (Å²) in [7, 11) is 0. The molecule has 0 aliphatic rings. The Kier molecular flexibility index (Phi) is 53.5. The second kappa shape index (κ2) is 48.7. The van der Waals surface area contributed by atoms with Gasteiger partial charge in [0, 0.05) is 0 Å². The number of unbranched alkanes of at least 4 members (excludes halogenated alkanes) is 34. The molecule has 4 nitrogen and oxygen atoms in total. The molecule has 0 amide bonds. The molecule has 300 valence electrons. The Morgan fingerprint density at radius 2 is 0.471 bits per heavy atom. The van der Waals surface area contributed by atoms with Crippen molar-refractivity contribution in [1.29, 1.82) is 0 Å². The first-order valence-corrected chi connectivity index (χ1v) is 23.9. The molecule has 0 aromatic heterocycles. The molecule has 51 heavy (non-hydrogen) atoms. The van der Waals surface area contributed by atoms with Crippen LogP contribution in [-0.2, 0) is 9.59 Å². The molecule has 0 fully saturated rings. The second-order valence-corrected chi connectivity index (χ2v) is 17.4. The maximum Gasteiger partial charge on any atom is 2.00 e. The number of aliphatic carboxylic acids is 2. The van der Waals surface area contributed by atoms with Gasteiger partial charge >= 0.3 is 23.1 Å². The van der Waals surface area contributed by atoms with Crippen LogP contribution >= 0.6 is 31.9 Å². The monoisotopic (exact) mass is 858 g/mol. The smallest absolute Gasteiger partial charge is 0.549 e. The molecule has 0 saturated heterocycles. The van der Waals surface area contributed by atoms with Gasteiger partial charge in [0.2, 0.25) is 0 Å². The minimum Gasteiger partial charge on any atom is -0.549 e. The summed E-state index contributed by atoms with van der Waals surface area (Å²) in [6.45, 7) is 4.56. The average Bonchev–Trinajstić information content (AvgIpc) is 3.10. The topological polar surface area (TPSA) is 80.3 Å². The SMILES string of the molecule is CCCCCCCCCCCCCCCCCCCCC(Br)C(=O)[O-].CCCCCCCCCCCCCCCCCCCCC(Br)C(=O)[O-].[Mg+2]. The van der Waals surface area contributed by atoms with E-state index in [0.29, 0.717) is 12.8 Å². The van der Waals surface area contributed by atoms with Crippen LogP contribution in [0.3, 0.4) is 0 Å². The molecule has 0 N–H and O–H groups in total. The Balaban J connectivity index is -0.000000886. The zero-order valence-electron chi connectivity index (χ0n) is 34.1. The molecule has 0 spiro atoms. The second-order valence-electron chi connectivity index (χ2n) is 15.2. The van der Waals surface area contributed by atoms with E-state index in [4.69, 9.17) is 0 Å². The summed E-state index contributed by atoms with van der Waals surface area (Å²) in [5, 5.41) is 21.1. The van der Waals surface area contributed by atoms with Gasteiger partial charge in [-0.3, -0.25) is 0 Å². The number of alkyl halides is 2. The molecule has 0 rings (SSSR count). The van der Waals surface area contributed by atoms with Crippen molar-refractivity contribution in [2.75, 3.05) is 0 Å². The Labute approximate surface area is 351 Å². The summed E-state index contributed by atoms with van der Waals surface area (Å²) in [5.41, 5.74) is 0. The van der Waals surface area contributed by atoms with Crippen LogP contribution in [0.25, 0.3) is 0 Å². The van der Waals surface area contributed by atoms with Gasteiger partial charge in [0.25, 0.3) is 0 Å². The van der Waals surface area contributed by atoms with Crippen LogP contribution in [0.1, 0.15) is 258 Å². The number of carboxylic acids is 2. The van der Waals surface area contributed by atoms with Gasteiger partial charge in [-0.15, -0.1) is 0 Å². The van der Waals surface area contributed by atoms with E-state index in [2.05, 4.69) is 45.7 Å². The number of hydrogen-bond acceptors (Lipinski definition) is 4. The van der Waals surface area contributed by atoms with Crippen molar-refractivity contribution in [3.05, 3.63) is 0 Å². The van der Waals surface area contributed by atoms with Gasteiger partial charge in [0.1, 0.15) is 0 Å². The number of rotatable bonds is 40. The van der Waals surface area contributed by atoms with Gasteiger partial charge in [-0.2, -0.15) is 0 Å². The Bertz CT molecular complexity index is 626. The number of carbonyl (C=O) groups excluding carboxylic acids is 2. The van der Waals surface area contributed by atoms with Gasteiger partial charge < -0.3 is 19.8 Å². The van der Waals surface area contributed by atoms with E-state index in [1.54, 1.807) is 0 Å². The molecule has 0 aromatic carbocycles. The van der Waals surface area contributed by atoms with E-state index >= 15 is 0 Å². The summed E-state index contributed by atoms with van der Waals surface area (Å²) in [6, 6.07) is 0. The first-order chi connectivity index (χ1) is 24.4. The zero-order valence-corrected chi connectivity index (χ0v) is 38.7. The average molecular weight is 861 g/mol. The van der Waals surface area contributed by atoms with Gasteiger partial charge in [-0.05, 0) is 12.8 Å². The molecule has 0 aromatic rings. The van der Waals surface area contributed by atoms with E-state index in [1.807, 2.05) is 0 Å². The largest absolute Gasteiger partial charge is 2.00 e. The Hall–Kier alpha value is 0.666. The third-order valence-corrected chi connectivity index (χ3v) is 11.8. The Morgan fingerprint density at radius 3 is 0.608 bits per heavy atom. The van der Waals surface area contributed by atoms with Crippen LogP contribution < -0.4 is 10.2 Å². The number of carbonyl (C=O) groups is 2. The molecule has 0 bridgehead atoms. The Morgan fingerprint density at radius 1 is 0.333 bits per heavy atom. The zero-order chi connectivity index (χ0) is 37.2. The first-order valence-electron chi connectivity index (χ1n) is 22.1. The molecule has 0 aliphatic carbocycles. The van der Waals surface area contributed by atoms with Crippen LogP contribution in [0, 0.1) is 0 Å². The normalized spacial score (nSPS) is 12.2. The van der Waals surface area contributed by atoms with E-state index in [1.165, 1.54) is 205 Å². The van der Waals surface area contributed by atoms with Crippen molar-refractivity contribution in [2.24, 2.45) is 0 Å². The molecule has 0 aliphatic heterocycles. The van der Waals surface area contributed by atoms with Gasteiger partial charge in [-0.1, -0.05) is 277 Å². The van der Waals surface area contributed by atoms with Crippen molar-refractivity contribution in [2.45, 2.75) is 267 Å². The van der Waals surface area contributed by atoms with Crippen molar-refractivity contribution >= 4 is 66.9 Å². The first kappa shape index (κ1) is 56.0. The summed E-state index contributed by atoms with van der Waals surface area (Å²) in [4.78, 5) is 20.2. The molecule has 0 saturated carbocycles. The minimum atomic E-state index is -0.980. The predicted octanol–water partition coefficient (Wildman–Crippen LogP) is 13.5. The summed E-state index contributed by atoms with van der Waals surface area (Å²) < 4.78 is 0. The fourth-order valence-electron chi connectivity index (χ4n) is 6.69. The van der Waals surface area contributed by atoms with Crippen LogP contribution in [0.4, 0.5) is 0 Å². The third-order valence-electron chi connectivity index (χ3n) is 10.1. The van der Waals surface area contributed by atoms with Crippen LogP contribution in [0.5, 0.6) is 0 Å². The standard InChI is InChI=1S/2C22H43BrO2.Mg/c2*1-2-3-4-5-6-7-8-9-10-11-12-13-14-15-16-17-18-19-20-21(23)22(24)25;/h2*21H,2-20H2,1H3,(H,24,25);/q;;+2/p-2. The molecule has 0 radical (unpaired) electrons. The molecule has 2 unspecified atom stereocenters. The summed E-state index contributed by atoms with van der Waals surface area (Å²) in [5.74, 6) is -1.96. The van der Waals surface area contributed by atoms with Crippen molar-refractivity contribution in [3.63, 3.8) is 0 Å². The van der Waals surface area contributed by atoms with Crippen molar-refractivity contribution < 1.29 is 19.8 Å². The minimum absolute atomic E-state index is 0. The maximum atomic E-state index is 10.6. The predicted molar refractivity (Wildman–Crippen MR) is 228 cm³/mol. The maximum absolute atomic E-state index is 10.6. The van der Waals surface area contributed by atoms with Crippen LogP contribution in [0.15, 0.2) is 0 Å².